The topological polar surface area (TPSA) is 56.7 Å². The van der Waals surface area contributed by atoms with E-state index in [9.17, 15) is 4.79 Å². The average Bonchev–Trinajstić information content (AvgIpc) is 2.49. The summed E-state index contributed by atoms with van der Waals surface area (Å²) in [5.74, 6) is 0.820. The Hall–Kier alpha value is -1.52. The summed E-state index contributed by atoms with van der Waals surface area (Å²) in [4.78, 5) is 18.2. The first-order valence-corrected chi connectivity index (χ1v) is 7.99. The normalized spacial score (nSPS) is 16.4. The molecule has 1 rings (SSSR count). The molecule has 0 saturated heterocycles. The predicted molar refractivity (Wildman–Crippen MR) is 88.4 cm³/mol. The first-order chi connectivity index (χ1) is 10.2. The minimum Gasteiger partial charge on any atom is -0.352 e. The summed E-state index contributed by atoms with van der Waals surface area (Å²) in [7, 11) is 3.73. The summed E-state index contributed by atoms with van der Waals surface area (Å²) < 4.78 is 0. The molecule has 2 N–H and O–H groups in total. The third kappa shape index (κ3) is 7.16. The molecule has 0 unspecified atom stereocenters. The number of guanidine groups is 1. The highest BCUT2D eigenvalue weighted by Crippen LogP contribution is 2.17. The van der Waals surface area contributed by atoms with E-state index in [2.05, 4.69) is 22.2 Å². The monoisotopic (exact) mass is 294 g/mol. The zero-order valence-electron chi connectivity index (χ0n) is 13.5. The van der Waals surface area contributed by atoms with Gasteiger partial charge in [-0.05, 0) is 25.7 Å². The van der Waals surface area contributed by atoms with Crippen LogP contribution in [0.2, 0.25) is 0 Å². The minimum absolute atomic E-state index is 0.0579. The van der Waals surface area contributed by atoms with Crippen LogP contribution in [0.3, 0.4) is 0 Å². The number of carbonyl (C=O) groups is 1. The van der Waals surface area contributed by atoms with Crippen LogP contribution in [0.15, 0.2) is 17.6 Å². The SMILES string of the molecule is C=CCCCN(C)C(=NC)NCC(=O)NC1CCCCC1. The number of nitrogens with one attached hydrogen (secondary N) is 2. The molecule has 0 aliphatic heterocycles. The van der Waals surface area contributed by atoms with Crippen LogP contribution in [0, 0.1) is 0 Å². The Morgan fingerprint density at radius 1 is 1.38 bits per heavy atom. The van der Waals surface area contributed by atoms with Gasteiger partial charge in [-0.25, -0.2) is 0 Å². The zero-order chi connectivity index (χ0) is 15.5. The van der Waals surface area contributed by atoms with Gasteiger partial charge in [0.25, 0.3) is 0 Å². The molecule has 1 aliphatic rings. The highest BCUT2D eigenvalue weighted by Gasteiger charge is 2.16. The number of aliphatic imine (C=N–C) groups is 1. The number of amides is 1. The van der Waals surface area contributed by atoms with Crippen molar-refractivity contribution in [3.05, 3.63) is 12.7 Å². The summed E-state index contributed by atoms with van der Waals surface area (Å²) in [5, 5.41) is 6.22. The van der Waals surface area contributed by atoms with Gasteiger partial charge in [0, 0.05) is 26.7 Å². The van der Waals surface area contributed by atoms with Crippen molar-refractivity contribution in [2.24, 2.45) is 4.99 Å². The van der Waals surface area contributed by atoms with Crippen LogP contribution >= 0.6 is 0 Å². The van der Waals surface area contributed by atoms with Crippen LogP contribution in [0.4, 0.5) is 0 Å². The van der Waals surface area contributed by atoms with Crippen LogP contribution in [0.1, 0.15) is 44.9 Å². The molecule has 0 aromatic rings. The van der Waals surface area contributed by atoms with Crippen molar-refractivity contribution in [3.63, 3.8) is 0 Å². The number of nitrogens with zero attached hydrogens (tertiary/aromatic N) is 2. The molecule has 1 aliphatic carbocycles. The molecule has 0 aromatic heterocycles. The lowest BCUT2D eigenvalue weighted by molar-refractivity contribution is -0.120. The fourth-order valence-electron chi connectivity index (χ4n) is 2.65. The minimum atomic E-state index is 0.0579. The maximum atomic E-state index is 12.0. The molecule has 0 atom stereocenters. The third-order valence-corrected chi connectivity index (χ3v) is 3.85. The maximum Gasteiger partial charge on any atom is 0.239 e. The van der Waals surface area contributed by atoms with Crippen molar-refractivity contribution in [1.29, 1.82) is 0 Å². The lowest BCUT2D eigenvalue weighted by atomic mass is 9.95. The van der Waals surface area contributed by atoms with Crippen molar-refractivity contribution < 1.29 is 4.79 Å². The highest BCUT2D eigenvalue weighted by atomic mass is 16.2. The van der Waals surface area contributed by atoms with Crippen molar-refractivity contribution in [2.45, 2.75) is 51.0 Å². The number of hydrogen-bond acceptors (Lipinski definition) is 2. The van der Waals surface area contributed by atoms with Gasteiger partial charge in [0.05, 0.1) is 6.54 Å². The number of hydrogen-bond donors (Lipinski definition) is 2. The molecular formula is C16H30N4O. The van der Waals surface area contributed by atoms with Gasteiger partial charge in [-0.1, -0.05) is 25.3 Å². The van der Waals surface area contributed by atoms with E-state index in [0.29, 0.717) is 6.04 Å². The number of carbonyl (C=O) groups excluding carboxylic acids is 1. The Kier molecular flexibility index (Phi) is 8.55. The van der Waals surface area contributed by atoms with E-state index in [4.69, 9.17) is 0 Å². The molecule has 21 heavy (non-hydrogen) atoms. The van der Waals surface area contributed by atoms with Gasteiger partial charge in [-0.2, -0.15) is 0 Å². The van der Waals surface area contributed by atoms with E-state index in [0.717, 1.165) is 38.2 Å². The fraction of sp³-hybridized carbons (Fsp3) is 0.750. The molecule has 1 saturated carbocycles. The van der Waals surface area contributed by atoms with E-state index in [1.54, 1.807) is 7.05 Å². The smallest absolute Gasteiger partial charge is 0.239 e. The highest BCUT2D eigenvalue weighted by molar-refractivity contribution is 5.86. The molecule has 5 heteroatoms. The number of rotatable bonds is 7. The Bertz CT molecular complexity index is 348. The number of allylic oxidation sites excluding steroid dienone is 1. The van der Waals surface area contributed by atoms with Crippen molar-refractivity contribution in [1.82, 2.24) is 15.5 Å². The lowest BCUT2D eigenvalue weighted by Gasteiger charge is -2.24. The lowest BCUT2D eigenvalue weighted by Crippen LogP contribution is -2.46. The van der Waals surface area contributed by atoms with E-state index in [1.165, 1.54) is 19.3 Å². The standard InChI is InChI=1S/C16H30N4O/c1-4-5-9-12-20(3)16(17-2)18-13-15(21)19-14-10-7-6-8-11-14/h4,14H,1,5-13H2,2-3H3,(H,17,18)(H,19,21). The molecule has 0 bridgehead atoms. The third-order valence-electron chi connectivity index (χ3n) is 3.85. The Morgan fingerprint density at radius 3 is 2.71 bits per heavy atom. The second-order valence-electron chi connectivity index (χ2n) is 5.66. The first-order valence-electron chi connectivity index (χ1n) is 7.99. The second-order valence-corrected chi connectivity index (χ2v) is 5.66. The summed E-state index contributed by atoms with van der Waals surface area (Å²) in [5.41, 5.74) is 0. The Labute approximate surface area is 128 Å². The van der Waals surface area contributed by atoms with Gasteiger partial charge in [0.15, 0.2) is 5.96 Å². The summed E-state index contributed by atoms with van der Waals surface area (Å²) in [6.45, 7) is 4.91. The molecule has 0 radical (unpaired) electrons. The first kappa shape index (κ1) is 17.5. The second kappa shape index (κ2) is 10.2. The fourth-order valence-corrected chi connectivity index (χ4v) is 2.65. The van der Waals surface area contributed by atoms with Crippen molar-refractivity contribution in [2.75, 3.05) is 27.2 Å². The molecule has 5 nitrogen and oxygen atoms in total. The van der Waals surface area contributed by atoms with E-state index in [-0.39, 0.29) is 12.5 Å². The summed E-state index contributed by atoms with van der Waals surface area (Å²) >= 11 is 0. The van der Waals surface area contributed by atoms with Gasteiger partial charge in [0.2, 0.25) is 5.91 Å². The van der Waals surface area contributed by atoms with Crippen LogP contribution in [-0.2, 0) is 4.79 Å². The molecule has 120 valence electrons. The van der Waals surface area contributed by atoms with Crippen LogP contribution in [0.25, 0.3) is 0 Å². The van der Waals surface area contributed by atoms with Crippen molar-refractivity contribution in [3.8, 4) is 0 Å². The average molecular weight is 294 g/mol. The predicted octanol–water partition coefficient (Wildman–Crippen LogP) is 1.91. The molecule has 0 aromatic carbocycles. The van der Waals surface area contributed by atoms with Gasteiger partial charge >= 0.3 is 0 Å². The summed E-state index contributed by atoms with van der Waals surface area (Å²) in [6, 6.07) is 0.361. The van der Waals surface area contributed by atoms with E-state index in [1.807, 2.05) is 18.0 Å². The van der Waals surface area contributed by atoms with Crippen LogP contribution < -0.4 is 10.6 Å². The maximum absolute atomic E-state index is 12.0. The molecule has 0 spiro atoms. The molecule has 0 heterocycles. The Balaban J connectivity index is 2.26. The summed E-state index contributed by atoms with van der Waals surface area (Å²) in [6.07, 6.45) is 9.93. The van der Waals surface area contributed by atoms with Gasteiger partial charge in [-0.3, -0.25) is 9.79 Å². The quantitative estimate of drug-likeness (QED) is 0.326. The number of unbranched alkanes of at least 4 members (excludes halogenated alkanes) is 1. The van der Waals surface area contributed by atoms with Gasteiger partial charge in [-0.15, -0.1) is 6.58 Å². The zero-order valence-corrected chi connectivity index (χ0v) is 13.5. The van der Waals surface area contributed by atoms with Crippen LogP contribution in [-0.4, -0.2) is 50.0 Å². The largest absolute Gasteiger partial charge is 0.352 e. The molecule has 1 amide bonds. The van der Waals surface area contributed by atoms with Crippen molar-refractivity contribution >= 4 is 11.9 Å². The molecule has 1 fully saturated rings. The van der Waals surface area contributed by atoms with E-state index < -0.39 is 0 Å². The molecular weight excluding hydrogens is 264 g/mol. The van der Waals surface area contributed by atoms with Gasteiger partial charge < -0.3 is 15.5 Å². The van der Waals surface area contributed by atoms with Crippen LogP contribution in [0.5, 0.6) is 0 Å². The Morgan fingerprint density at radius 2 is 2.10 bits per heavy atom. The van der Waals surface area contributed by atoms with Gasteiger partial charge in [0.1, 0.15) is 0 Å². The van der Waals surface area contributed by atoms with E-state index >= 15 is 0 Å².